The quantitative estimate of drug-likeness (QED) is 0.737. The van der Waals surface area contributed by atoms with Crippen molar-refractivity contribution in [2.45, 2.75) is 6.42 Å². The predicted octanol–water partition coefficient (Wildman–Crippen LogP) is 3.18. The van der Waals surface area contributed by atoms with Crippen LogP contribution in [0.15, 0.2) is 66.7 Å². The molecule has 0 spiro atoms. The first-order valence-corrected chi connectivity index (χ1v) is 9.60. The van der Waals surface area contributed by atoms with Crippen molar-refractivity contribution >= 4 is 45.6 Å². The molecule has 0 aliphatic carbocycles. The summed E-state index contributed by atoms with van der Waals surface area (Å²) in [6.45, 7) is 0.279. The zero-order valence-corrected chi connectivity index (χ0v) is 15.7. The van der Waals surface area contributed by atoms with Crippen LogP contribution in [0, 0.1) is 5.92 Å². The van der Waals surface area contributed by atoms with Gasteiger partial charge in [-0.2, -0.15) is 0 Å². The maximum Gasteiger partial charge on any atom is 0.244 e. The van der Waals surface area contributed by atoms with Crippen molar-refractivity contribution in [2.24, 2.45) is 5.92 Å². The Morgan fingerprint density at radius 2 is 1.62 bits per heavy atom. The minimum atomic E-state index is -0.486. The molecule has 2 aliphatic rings. The Kier molecular flexibility index (Phi) is 4.05. The topological polar surface area (TPSA) is 69.7 Å². The number of fused-ring (bicyclic) bond motifs is 2. The summed E-state index contributed by atoms with van der Waals surface area (Å²) in [5.41, 5.74) is 2.11. The first-order chi connectivity index (χ1) is 14.1. The maximum absolute atomic E-state index is 13.3. The van der Waals surface area contributed by atoms with Crippen LogP contribution in [0.3, 0.4) is 0 Å². The van der Waals surface area contributed by atoms with Crippen molar-refractivity contribution in [1.82, 2.24) is 0 Å². The van der Waals surface area contributed by atoms with E-state index < -0.39 is 5.92 Å². The van der Waals surface area contributed by atoms with E-state index in [2.05, 4.69) is 5.32 Å². The monoisotopic (exact) mass is 385 g/mol. The van der Waals surface area contributed by atoms with E-state index in [4.69, 9.17) is 0 Å². The van der Waals surface area contributed by atoms with Gasteiger partial charge in [0.1, 0.15) is 6.54 Å². The summed E-state index contributed by atoms with van der Waals surface area (Å²) in [6.07, 6.45) is 0.141. The number of carbonyl (C=O) groups is 3. The third kappa shape index (κ3) is 2.93. The highest BCUT2D eigenvalue weighted by Gasteiger charge is 2.39. The number of hydrogen-bond acceptors (Lipinski definition) is 3. The molecule has 1 N–H and O–H groups in total. The predicted molar refractivity (Wildman–Crippen MR) is 112 cm³/mol. The third-order valence-corrected chi connectivity index (χ3v) is 5.57. The number of hydrogen-bond donors (Lipinski definition) is 1. The SMILES string of the molecule is O=C1CN(C(=O)[C@@H]2CC(=O)N(c3cccc4ccccc34)C2)c2ccccc2N1. The van der Waals surface area contributed by atoms with Gasteiger partial charge in [0, 0.05) is 18.4 Å². The Hall–Kier alpha value is -3.67. The van der Waals surface area contributed by atoms with E-state index in [-0.39, 0.29) is 30.7 Å². The second-order valence-electron chi connectivity index (χ2n) is 7.39. The lowest BCUT2D eigenvalue weighted by molar-refractivity contribution is -0.125. The molecule has 0 saturated carbocycles. The molecule has 3 amide bonds. The van der Waals surface area contributed by atoms with Crippen LogP contribution in [0.2, 0.25) is 0 Å². The van der Waals surface area contributed by atoms with Gasteiger partial charge in [0.2, 0.25) is 17.7 Å². The van der Waals surface area contributed by atoms with Crippen molar-refractivity contribution in [1.29, 1.82) is 0 Å². The molecule has 3 aromatic carbocycles. The number of anilines is 3. The lowest BCUT2D eigenvalue weighted by Crippen LogP contribution is -2.45. The third-order valence-electron chi connectivity index (χ3n) is 5.57. The summed E-state index contributed by atoms with van der Waals surface area (Å²) in [5, 5.41) is 4.82. The number of para-hydroxylation sites is 2. The summed E-state index contributed by atoms with van der Waals surface area (Å²) >= 11 is 0. The van der Waals surface area contributed by atoms with Gasteiger partial charge in [0.15, 0.2) is 0 Å². The van der Waals surface area contributed by atoms with Crippen molar-refractivity contribution < 1.29 is 14.4 Å². The van der Waals surface area contributed by atoms with Gasteiger partial charge < -0.3 is 15.1 Å². The molecule has 5 rings (SSSR count). The van der Waals surface area contributed by atoms with Gasteiger partial charge in [-0.25, -0.2) is 0 Å². The first-order valence-electron chi connectivity index (χ1n) is 9.60. The average molecular weight is 385 g/mol. The first kappa shape index (κ1) is 17.4. The molecule has 3 aromatic rings. The Morgan fingerprint density at radius 3 is 2.52 bits per heavy atom. The van der Waals surface area contributed by atoms with E-state index in [0.29, 0.717) is 17.9 Å². The molecule has 2 heterocycles. The Labute approximate surface area is 167 Å². The van der Waals surface area contributed by atoms with Crippen LogP contribution >= 0.6 is 0 Å². The molecule has 0 radical (unpaired) electrons. The van der Waals surface area contributed by atoms with Crippen LogP contribution < -0.4 is 15.1 Å². The molecule has 0 bridgehead atoms. The molecule has 29 heavy (non-hydrogen) atoms. The highest BCUT2D eigenvalue weighted by Crippen LogP contribution is 2.35. The molecule has 2 aliphatic heterocycles. The summed E-state index contributed by atoms with van der Waals surface area (Å²) in [5.74, 6) is -0.981. The van der Waals surface area contributed by atoms with E-state index in [1.54, 1.807) is 11.0 Å². The van der Waals surface area contributed by atoms with Gasteiger partial charge >= 0.3 is 0 Å². The number of carbonyl (C=O) groups excluding carboxylic acids is 3. The number of benzene rings is 3. The van der Waals surface area contributed by atoms with Gasteiger partial charge in [-0.15, -0.1) is 0 Å². The molecule has 6 heteroatoms. The number of rotatable bonds is 2. The van der Waals surface area contributed by atoms with E-state index in [1.807, 2.05) is 60.7 Å². The molecule has 0 unspecified atom stereocenters. The Bertz CT molecular complexity index is 1150. The lowest BCUT2D eigenvalue weighted by Gasteiger charge is -2.31. The van der Waals surface area contributed by atoms with Crippen LogP contribution in [0.25, 0.3) is 10.8 Å². The number of amides is 3. The van der Waals surface area contributed by atoms with Crippen LogP contribution in [-0.2, 0) is 14.4 Å². The van der Waals surface area contributed by atoms with E-state index >= 15 is 0 Å². The minimum absolute atomic E-state index is 0.0329. The molecule has 1 fully saturated rings. The van der Waals surface area contributed by atoms with Gasteiger partial charge in [-0.3, -0.25) is 14.4 Å². The summed E-state index contributed by atoms with van der Waals surface area (Å²) in [6, 6.07) is 21.0. The largest absolute Gasteiger partial charge is 0.323 e. The fourth-order valence-electron chi connectivity index (χ4n) is 4.20. The average Bonchev–Trinajstić information content (AvgIpc) is 3.13. The Balaban J connectivity index is 1.45. The van der Waals surface area contributed by atoms with Gasteiger partial charge in [0.05, 0.1) is 23.0 Å². The maximum atomic E-state index is 13.3. The molecular formula is C23H19N3O3. The van der Waals surface area contributed by atoms with Crippen LogP contribution in [0.4, 0.5) is 17.1 Å². The molecule has 6 nitrogen and oxygen atoms in total. The smallest absolute Gasteiger partial charge is 0.244 e. The summed E-state index contributed by atoms with van der Waals surface area (Å²) < 4.78 is 0. The van der Waals surface area contributed by atoms with E-state index in [9.17, 15) is 14.4 Å². The van der Waals surface area contributed by atoms with Crippen molar-refractivity contribution in [3.05, 3.63) is 66.7 Å². The standard InChI is InChI=1S/C23H19N3O3/c27-21-14-26(20-10-4-3-9-18(20)24-21)23(29)16-12-22(28)25(13-16)19-11-5-7-15-6-1-2-8-17(15)19/h1-11,16H,12-14H2,(H,24,27)/t16-/m1/s1. The highest BCUT2D eigenvalue weighted by molar-refractivity contribution is 6.13. The summed E-state index contributed by atoms with van der Waals surface area (Å²) in [7, 11) is 0. The van der Waals surface area contributed by atoms with E-state index in [0.717, 1.165) is 16.5 Å². The van der Waals surface area contributed by atoms with Gasteiger partial charge in [-0.05, 0) is 23.6 Å². The number of nitrogens with one attached hydrogen (secondary N) is 1. The lowest BCUT2D eigenvalue weighted by atomic mass is 10.0. The van der Waals surface area contributed by atoms with Crippen LogP contribution in [-0.4, -0.2) is 30.8 Å². The molecule has 1 atom stereocenters. The number of nitrogens with zero attached hydrogens (tertiary/aromatic N) is 2. The highest BCUT2D eigenvalue weighted by atomic mass is 16.2. The molecular weight excluding hydrogens is 366 g/mol. The van der Waals surface area contributed by atoms with Gasteiger partial charge in [-0.1, -0.05) is 48.5 Å². The fraction of sp³-hybridized carbons (Fsp3) is 0.174. The second-order valence-corrected chi connectivity index (χ2v) is 7.39. The van der Waals surface area contributed by atoms with Crippen LogP contribution in [0.1, 0.15) is 6.42 Å². The second kappa shape index (κ2) is 6.74. The van der Waals surface area contributed by atoms with E-state index in [1.165, 1.54) is 4.90 Å². The van der Waals surface area contributed by atoms with Crippen molar-refractivity contribution in [2.75, 3.05) is 28.2 Å². The minimum Gasteiger partial charge on any atom is -0.323 e. The normalized spacial score (nSPS) is 18.7. The van der Waals surface area contributed by atoms with Crippen molar-refractivity contribution in [3.63, 3.8) is 0 Å². The zero-order valence-electron chi connectivity index (χ0n) is 15.7. The molecule has 144 valence electrons. The fourth-order valence-corrected chi connectivity index (χ4v) is 4.20. The zero-order chi connectivity index (χ0) is 20.0. The van der Waals surface area contributed by atoms with Crippen molar-refractivity contribution in [3.8, 4) is 0 Å². The van der Waals surface area contributed by atoms with Crippen LogP contribution in [0.5, 0.6) is 0 Å². The molecule has 0 aromatic heterocycles. The van der Waals surface area contributed by atoms with Gasteiger partial charge in [0.25, 0.3) is 0 Å². The Morgan fingerprint density at radius 1 is 0.897 bits per heavy atom. The summed E-state index contributed by atoms with van der Waals surface area (Å²) in [4.78, 5) is 41.3. The molecule has 1 saturated heterocycles.